The van der Waals surface area contributed by atoms with Gasteiger partial charge in [-0.1, -0.05) is 0 Å². The van der Waals surface area contributed by atoms with E-state index in [2.05, 4.69) is 0 Å². The third-order valence-corrected chi connectivity index (χ3v) is 1.83. The molecule has 70 valence electrons. The van der Waals surface area contributed by atoms with Gasteiger partial charge in [-0.15, -0.1) is 0 Å². The van der Waals surface area contributed by atoms with Crippen LogP contribution in [0.4, 0.5) is 0 Å². The molecule has 0 unspecified atom stereocenters. The summed E-state index contributed by atoms with van der Waals surface area (Å²) in [5.74, 6) is 0. The van der Waals surface area contributed by atoms with Crippen molar-refractivity contribution in [2.45, 2.75) is 24.9 Å². The van der Waals surface area contributed by atoms with Crippen LogP contribution in [0.15, 0.2) is 0 Å². The summed E-state index contributed by atoms with van der Waals surface area (Å²) >= 11 is -2.24. The predicted octanol–water partition coefficient (Wildman–Crippen LogP) is -0.172. The maximum atomic E-state index is 8.38. The van der Waals surface area contributed by atoms with Gasteiger partial charge in [-0.3, -0.25) is 0 Å². The fraction of sp³-hybridized carbons (Fsp3) is 1.00. The number of unbranched alkanes of at least 4 members (excludes halogenated alkanes) is 1. The van der Waals surface area contributed by atoms with E-state index in [4.69, 9.17) is 22.7 Å². The zero-order valence-electron chi connectivity index (χ0n) is 6.25. The minimum absolute atomic E-state index is 0.656. The second-order valence-corrected chi connectivity index (χ2v) is 4.12. The first-order valence-electron chi connectivity index (χ1n) is 3.02. The molecule has 0 amide bonds. The molecule has 0 rings (SSSR count). The van der Waals surface area contributed by atoms with Crippen molar-refractivity contribution in [1.82, 2.24) is 0 Å². The Morgan fingerprint density at radius 1 is 1.18 bits per heavy atom. The van der Waals surface area contributed by atoms with E-state index in [9.17, 15) is 0 Å². The minimum atomic E-state index is -2.62. The van der Waals surface area contributed by atoms with E-state index in [0.29, 0.717) is 5.13 Å². The van der Waals surface area contributed by atoms with E-state index in [1.54, 1.807) is 0 Å². The fourth-order valence-corrected chi connectivity index (χ4v) is 1.24. The molecule has 7 heteroatoms. The summed E-state index contributed by atoms with van der Waals surface area (Å²) < 4.78 is 16.8. The molecule has 0 spiro atoms. The molecular formula is C4H14O5PV. The molecule has 0 saturated heterocycles. The van der Waals surface area contributed by atoms with Crippen molar-refractivity contribution >= 4 is 8.60 Å². The van der Waals surface area contributed by atoms with Crippen LogP contribution in [0.5, 0.6) is 0 Å². The van der Waals surface area contributed by atoms with Gasteiger partial charge in [0.1, 0.15) is 0 Å². The Kier molecular flexibility index (Phi) is 14.1. The first-order chi connectivity index (χ1) is 5.00. The van der Waals surface area contributed by atoms with Crippen LogP contribution in [0.25, 0.3) is 0 Å². The van der Waals surface area contributed by atoms with Crippen LogP contribution < -0.4 is 0 Å². The van der Waals surface area contributed by atoms with Crippen molar-refractivity contribution in [1.29, 1.82) is 0 Å². The summed E-state index contributed by atoms with van der Waals surface area (Å²) in [4.78, 5) is 21.7. The maximum Gasteiger partial charge on any atom is 0.324 e. The molecular weight excluding hydrogens is 210 g/mol. The van der Waals surface area contributed by atoms with E-state index in [0.717, 1.165) is 12.8 Å². The molecule has 0 atom stereocenters. The van der Waals surface area contributed by atoms with Crippen LogP contribution in [-0.2, 0) is 15.9 Å². The molecule has 11 heavy (non-hydrogen) atoms. The topological polar surface area (TPSA) is 101 Å². The van der Waals surface area contributed by atoms with Crippen molar-refractivity contribution in [2.75, 3.05) is 0 Å². The Hall–Kier alpha value is 0.814. The quantitative estimate of drug-likeness (QED) is 0.428. The third-order valence-electron chi connectivity index (χ3n) is 0.712. The van der Waals surface area contributed by atoms with Gasteiger partial charge >= 0.3 is 57.4 Å². The zero-order valence-corrected chi connectivity index (χ0v) is 8.54. The van der Waals surface area contributed by atoms with E-state index in [-0.39, 0.29) is 0 Å². The van der Waals surface area contributed by atoms with Gasteiger partial charge in [0, 0.05) is 0 Å². The zero-order chi connectivity index (χ0) is 9.28. The number of rotatable bonds is 3. The molecule has 0 fully saturated rings. The Balaban J connectivity index is 0. The van der Waals surface area contributed by atoms with Gasteiger partial charge in [0.15, 0.2) is 0 Å². The van der Waals surface area contributed by atoms with Crippen molar-refractivity contribution in [2.24, 2.45) is 0 Å². The normalized spacial score (nSPS) is 9.82. The number of hydrogen-bond donors (Lipinski definition) is 5. The molecule has 0 aliphatic heterocycles. The second kappa shape index (κ2) is 10.8. The molecule has 0 aromatic rings. The van der Waals surface area contributed by atoms with Gasteiger partial charge in [-0.2, -0.15) is 0 Å². The van der Waals surface area contributed by atoms with Gasteiger partial charge in [-0.25, -0.2) is 0 Å². The second-order valence-electron chi connectivity index (χ2n) is 1.72. The summed E-state index contributed by atoms with van der Waals surface area (Å²) in [6.45, 7) is 2.04. The van der Waals surface area contributed by atoms with Crippen LogP contribution in [0.1, 0.15) is 19.8 Å². The molecule has 0 heterocycles. The molecule has 0 radical (unpaired) electrons. The van der Waals surface area contributed by atoms with Crippen LogP contribution in [0, 0.1) is 0 Å². The molecule has 5 N–H and O–H groups in total. The number of hydrogen-bond acceptors (Lipinski definition) is 5. The summed E-state index contributed by atoms with van der Waals surface area (Å²) in [6.07, 6.45) is 2.03. The Labute approximate surface area is 72.6 Å². The summed E-state index contributed by atoms with van der Waals surface area (Å²) in [6, 6.07) is 0. The Morgan fingerprint density at radius 2 is 1.55 bits per heavy atom. The van der Waals surface area contributed by atoms with Gasteiger partial charge in [0.25, 0.3) is 0 Å². The van der Waals surface area contributed by atoms with E-state index in [1.165, 1.54) is 0 Å². The smallest absolute Gasteiger partial charge is 0.324 e. The van der Waals surface area contributed by atoms with E-state index < -0.39 is 24.5 Å². The maximum absolute atomic E-state index is 8.38. The fourth-order valence-electron chi connectivity index (χ4n) is 0.300. The van der Waals surface area contributed by atoms with E-state index in [1.807, 2.05) is 6.92 Å². The van der Waals surface area contributed by atoms with Crippen molar-refractivity contribution < 1.29 is 38.6 Å². The first kappa shape index (κ1) is 14.3. The average Bonchev–Trinajstić information content (AvgIpc) is 1.82. The molecule has 0 saturated carbocycles. The van der Waals surface area contributed by atoms with Crippen molar-refractivity contribution in [3.63, 3.8) is 0 Å². The molecule has 0 aromatic carbocycles. The first-order valence-corrected chi connectivity index (χ1v) is 6.46. The van der Waals surface area contributed by atoms with Gasteiger partial charge < -0.3 is 14.7 Å². The molecule has 0 aromatic heterocycles. The van der Waals surface area contributed by atoms with Crippen LogP contribution >= 0.6 is 8.60 Å². The van der Waals surface area contributed by atoms with Crippen LogP contribution in [0.3, 0.4) is 0 Å². The summed E-state index contributed by atoms with van der Waals surface area (Å²) in [7, 11) is -2.62. The van der Waals surface area contributed by atoms with Crippen molar-refractivity contribution in [3.05, 3.63) is 0 Å². The van der Waals surface area contributed by atoms with Gasteiger partial charge in [0.2, 0.25) is 0 Å². The third kappa shape index (κ3) is 36.2. The SMILES string of the molecule is CCC[CH2][V]([OH])[OH].OP(O)O. The van der Waals surface area contributed by atoms with Crippen LogP contribution in [-0.4, -0.2) is 22.7 Å². The average molecular weight is 224 g/mol. The van der Waals surface area contributed by atoms with E-state index >= 15 is 0 Å². The van der Waals surface area contributed by atoms with Crippen molar-refractivity contribution in [3.8, 4) is 0 Å². The minimum Gasteiger partial charge on any atom is -0.328 e. The Bertz CT molecular complexity index is 68.7. The predicted molar refractivity (Wildman–Crippen MR) is 37.7 cm³/mol. The molecule has 0 aliphatic rings. The Morgan fingerprint density at radius 3 is 1.64 bits per heavy atom. The standard InChI is InChI=1S/C4H9.H3O3P.2H2O.V/c1-3-4-2;1-4(2)3;;;/h1,3-4H2,2H3;1-3H;2*1H2;/q;;;;+2/p-2. The largest absolute Gasteiger partial charge is 0.328 e. The monoisotopic (exact) mass is 224 g/mol. The molecule has 0 bridgehead atoms. The van der Waals surface area contributed by atoms with Gasteiger partial charge in [-0.05, 0) is 0 Å². The molecule has 0 aliphatic carbocycles. The summed E-state index contributed by atoms with van der Waals surface area (Å²) in [5, 5.41) is 0.656. The molecule has 5 nitrogen and oxygen atoms in total. The van der Waals surface area contributed by atoms with Gasteiger partial charge in [0.05, 0.1) is 0 Å². The van der Waals surface area contributed by atoms with Crippen LogP contribution in [0.2, 0.25) is 5.13 Å². The summed E-state index contributed by atoms with van der Waals surface area (Å²) in [5.41, 5.74) is 0.